The minimum Gasteiger partial charge on any atom is -0.495 e. The van der Waals surface area contributed by atoms with Crippen molar-refractivity contribution in [3.63, 3.8) is 0 Å². The summed E-state index contributed by atoms with van der Waals surface area (Å²) in [6.45, 7) is 0. The van der Waals surface area contributed by atoms with Crippen LogP contribution in [-0.2, 0) is 0 Å². The molecule has 0 bridgehead atoms. The summed E-state index contributed by atoms with van der Waals surface area (Å²) in [6.07, 6.45) is 1.75. The largest absolute Gasteiger partial charge is 0.495 e. The Kier molecular flexibility index (Phi) is 4.80. The Bertz CT molecular complexity index is 577. The van der Waals surface area contributed by atoms with E-state index in [1.54, 1.807) is 13.3 Å². The maximum absolute atomic E-state index is 6.08. The molecule has 1 aromatic carbocycles. The highest BCUT2D eigenvalue weighted by Crippen LogP contribution is 2.33. The number of hydrogen-bond donors (Lipinski definition) is 1. The maximum atomic E-state index is 6.08. The van der Waals surface area contributed by atoms with Crippen molar-refractivity contribution in [3.05, 3.63) is 57.3 Å². The molecular formula is C14H14BrClN2O. The molecule has 19 heavy (non-hydrogen) atoms. The molecule has 1 N–H and O–H groups in total. The van der Waals surface area contributed by atoms with Gasteiger partial charge in [-0.05, 0) is 42.9 Å². The van der Waals surface area contributed by atoms with Crippen LogP contribution in [0.5, 0.6) is 5.75 Å². The third kappa shape index (κ3) is 3.08. The van der Waals surface area contributed by atoms with Gasteiger partial charge in [0.15, 0.2) is 0 Å². The molecule has 0 amide bonds. The summed E-state index contributed by atoms with van der Waals surface area (Å²) in [5.74, 6) is 0.744. The Balaban J connectivity index is 2.53. The number of nitrogens with one attached hydrogen (secondary N) is 1. The summed E-state index contributed by atoms with van der Waals surface area (Å²) in [7, 11) is 3.52. The topological polar surface area (TPSA) is 34.2 Å². The highest BCUT2D eigenvalue weighted by atomic mass is 79.9. The van der Waals surface area contributed by atoms with Gasteiger partial charge < -0.3 is 10.1 Å². The van der Waals surface area contributed by atoms with Crippen LogP contribution in [-0.4, -0.2) is 19.1 Å². The van der Waals surface area contributed by atoms with Crippen molar-refractivity contribution in [3.8, 4) is 5.75 Å². The third-order valence-electron chi connectivity index (χ3n) is 2.85. The first-order valence-corrected chi connectivity index (χ1v) is 6.95. The van der Waals surface area contributed by atoms with Crippen molar-refractivity contribution in [1.29, 1.82) is 0 Å². The summed E-state index contributed by atoms with van der Waals surface area (Å²) in [5.41, 5.74) is 1.85. The molecule has 1 heterocycles. The highest BCUT2D eigenvalue weighted by molar-refractivity contribution is 9.10. The number of pyridine rings is 1. The van der Waals surface area contributed by atoms with Gasteiger partial charge >= 0.3 is 0 Å². The number of ether oxygens (including phenoxy) is 1. The molecule has 2 aromatic rings. The quantitative estimate of drug-likeness (QED) is 0.918. The van der Waals surface area contributed by atoms with Crippen LogP contribution >= 0.6 is 27.5 Å². The molecule has 1 aromatic heterocycles. The Labute approximate surface area is 126 Å². The summed E-state index contributed by atoms with van der Waals surface area (Å²) < 4.78 is 6.34. The summed E-state index contributed by atoms with van der Waals surface area (Å²) in [5, 5.41) is 3.93. The van der Waals surface area contributed by atoms with E-state index in [1.807, 2.05) is 37.4 Å². The molecule has 1 unspecified atom stereocenters. The first kappa shape index (κ1) is 14.3. The summed E-state index contributed by atoms with van der Waals surface area (Å²) in [4.78, 5) is 4.42. The molecule has 5 heteroatoms. The van der Waals surface area contributed by atoms with Crippen LogP contribution in [0.2, 0.25) is 5.02 Å². The molecule has 0 radical (unpaired) electrons. The SMILES string of the molecule is CNC(c1cc(Cl)ccc1Br)c1ncccc1OC. The van der Waals surface area contributed by atoms with E-state index in [1.165, 1.54) is 0 Å². The number of benzene rings is 1. The molecule has 0 aliphatic heterocycles. The van der Waals surface area contributed by atoms with E-state index < -0.39 is 0 Å². The molecule has 100 valence electrons. The Morgan fingerprint density at radius 2 is 2.16 bits per heavy atom. The van der Waals surface area contributed by atoms with E-state index in [4.69, 9.17) is 16.3 Å². The lowest BCUT2D eigenvalue weighted by Crippen LogP contribution is -2.20. The minimum absolute atomic E-state index is 0.0933. The Morgan fingerprint density at radius 1 is 1.37 bits per heavy atom. The number of methoxy groups -OCH3 is 1. The van der Waals surface area contributed by atoms with Crippen molar-refractivity contribution in [1.82, 2.24) is 10.3 Å². The summed E-state index contributed by atoms with van der Waals surface area (Å²) in [6, 6.07) is 9.34. The normalized spacial score (nSPS) is 12.2. The standard InChI is InChI=1S/C14H14BrClN2O/c1-17-13(10-8-9(16)5-6-11(10)15)14-12(19-2)4-3-7-18-14/h3-8,13,17H,1-2H3. The average Bonchev–Trinajstić information content (AvgIpc) is 2.44. The van der Waals surface area contributed by atoms with Crippen LogP contribution < -0.4 is 10.1 Å². The van der Waals surface area contributed by atoms with E-state index in [0.717, 1.165) is 21.5 Å². The predicted molar refractivity (Wildman–Crippen MR) is 80.8 cm³/mol. The van der Waals surface area contributed by atoms with Gasteiger partial charge in [0, 0.05) is 15.7 Å². The van der Waals surface area contributed by atoms with Crippen LogP contribution in [0.25, 0.3) is 0 Å². The second-order valence-corrected chi connectivity index (χ2v) is 5.27. The monoisotopic (exact) mass is 340 g/mol. The lowest BCUT2D eigenvalue weighted by Gasteiger charge is -2.20. The van der Waals surface area contributed by atoms with Crippen LogP contribution in [0.15, 0.2) is 41.0 Å². The second-order valence-electron chi connectivity index (χ2n) is 3.98. The van der Waals surface area contributed by atoms with Gasteiger partial charge in [-0.25, -0.2) is 0 Å². The van der Waals surface area contributed by atoms with Crippen LogP contribution in [0, 0.1) is 0 Å². The lowest BCUT2D eigenvalue weighted by molar-refractivity contribution is 0.401. The van der Waals surface area contributed by atoms with Crippen molar-refractivity contribution in [2.75, 3.05) is 14.2 Å². The van der Waals surface area contributed by atoms with Gasteiger partial charge in [-0.2, -0.15) is 0 Å². The molecule has 0 aliphatic carbocycles. The fraction of sp³-hybridized carbons (Fsp3) is 0.214. The van der Waals surface area contributed by atoms with Crippen molar-refractivity contribution >= 4 is 27.5 Å². The minimum atomic E-state index is -0.0933. The number of nitrogens with zero attached hydrogens (tertiary/aromatic N) is 1. The number of halogens is 2. The van der Waals surface area contributed by atoms with E-state index in [-0.39, 0.29) is 6.04 Å². The molecule has 0 fully saturated rings. The van der Waals surface area contributed by atoms with Gasteiger partial charge in [-0.3, -0.25) is 4.98 Å². The van der Waals surface area contributed by atoms with Crippen LogP contribution in [0.3, 0.4) is 0 Å². The van der Waals surface area contributed by atoms with E-state index in [0.29, 0.717) is 5.02 Å². The Hall–Kier alpha value is -1.10. The van der Waals surface area contributed by atoms with E-state index in [9.17, 15) is 0 Å². The average molecular weight is 342 g/mol. The predicted octanol–water partition coefficient (Wildman–Crippen LogP) is 3.81. The zero-order valence-corrected chi connectivity index (χ0v) is 13.0. The maximum Gasteiger partial charge on any atom is 0.142 e. The van der Waals surface area contributed by atoms with Crippen molar-refractivity contribution in [2.24, 2.45) is 0 Å². The van der Waals surface area contributed by atoms with Gasteiger partial charge in [-0.15, -0.1) is 0 Å². The fourth-order valence-electron chi connectivity index (χ4n) is 1.97. The van der Waals surface area contributed by atoms with E-state index in [2.05, 4.69) is 26.2 Å². The number of hydrogen-bond acceptors (Lipinski definition) is 3. The zero-order chi connectivity index (χ0) is 13.8. The number of aromatic nitrogens is 1. The van der Waals surface area contributed by atoms with E-state index >= 15 is 0 Å². The molecule has 3 nitrogen and oxygen atoms in total. The first-order chi connectivity index (χ1) is 9.17. The van der Waals surface area contributed by atoms with Gasteiger partial charge in [0.05, 0.1) is 13.2 Å². The molecular weight excluding hydrogens is 328 g/mol. The van der Waals surface area contributed by atoms with Crippen LogP contribution in [0.1, 0.15) is 17.3 Å². The molecule has 0 aliphatic rings. The first-order valence-electron chi connectivity index (χ1n) is 5.78. The summed E-state index contributed by atoms with van der Waals surface area (Å²) >= 11 is 9.63. The molecule has 1 atom stereocenters. The van der Waals surface area contributed by atoms with Crippen LogP contribution in [0.4, 0.5) is 0 Å². The van der Waals surface area contributed by atoms with Gasteiger partial charge in [0.2, 0.25) is 0 Å². The molecule has 2 rings (SSSR count). The molecule has 0 saturated heterocycles. The van der Waals surface area contributed by atoms with Gasteiger partial charge in [-0.1, -0.05) is 27.5 Å². The fourth-order valence-corrected chi connectivity index (χ4v) is 2.62. The Morgan fingerprint density at radius 3 is 2.84 bits per heavy atom. The molecule has 0 spiro atoms. The smallest absolute Gasteiger partial charge is 0.142 e. The third-order valence-corrected chi connectivity index (χ3v) is 3.81. The zero-order valence-electron chi connectivity index (χ0n) is 10.7. The van der Waals surface area contributed by atoms with Crippen molar-refractivity contribution in [2.45, 2.75) is 6.04 Å². The van der Waals surface area contributed by atoms with Gasteiger partial charge in [0.25, 0.3) is 0 Å². The highest BCUT2D eigenvalue weighted by Gasteiger charge is 2.20. The van der Waals surface area contributed by atoms with Crippen molar-refractivity contribution < 1.29 is 4.74 Å². The van der Waals surface area contributed by atoms with Gasteiger partial charge in [0.1, 0.15) is 11.4 Å². The lowest BCUT2D eigenvalue weighted by atomic mass is 10.0. The second kappa shape index (κ2) is 6.37. The molecule has 0 saturated carbocycles. The number of rotatable bonds is 4.